The summed E-state index contributed by atoms with van der Waals surface area (Å²) >= 11 is 0. The first-order valence-electron chi connectivity index (χ1n) is 6.30. The first kappa shape index (κ1) is 16.4. The Morgan fingerprint density at radius 2 is 2.00 bits per heavy atom. The Kier molecular flexibility index (Phi) is 8.62. The summed E-state index contributed by atoms with van der Waals surface area (Å²) in [5.74, 6) is -0.509. The van der Waals surface area contributed by atoms with Crippen LogP contribution >= 0.6 is 0 Å². The number of allylic oxidation sites excluding steroid dienone is 2. The number of carbonyl (C=O) groups is 2. The van der Waals surface area contributed by atoms with Crippen molar-refractivity contribution in [1.82, 2.24) is 5.32 Å². The molecule has 1 N–H and O–H groups in total. The Balaban J connectivity index is 4.11. The Labute approximate surface area is 109 Å². The summed E-state index contributed by atoms with van der Waals surface area (Å²) in [5.41, 5.74) is 0.557. The number of hydrogen-bond acceptors (Lipinski definition) is 3. The highest BCUT2D eigenvalue weighted by molar-refractivity contribution is 5.93. The van der Waals surface area contributed by atoms with Crippen molar-refractivity contribution in [1.29, 1.82) is 0 Å². The molecule has 0 atom stereocenters. The molecule has 0 spiro atoms. The number of hydrogen-bond donors (Lipinski definition) is 1. The number of rotatable bonds is 7. The summed E-state index contributed by atoms with van der Waals surface area (Å²) in [7, 11) is 0. The molecule has 1 amide bonds. The lowest BCUT2D eigenvalue weighted by molar-refractivity contribution is -0.137. The topological polar surface area (TPSA) is 55.4 Å². The maximum Gasteiger partial charge on any atom is 0.330 e. The van der Waals surface area contributed by atoms with Gasteiger partial charge in [0.05, 0.1) is 6.61 Å². The first-order chi connectivity index (χ1) is 8.47. The van der Waals surface area contributed by atoms with Gasteiger partial charge in [0.1, 0.15) is 0 Å². The second-order valence-corrected chi connectivity index (χ2v) is 4.36. The highest BCUT2D eigenvalue weighted by atomic mass is 16.5. The van der Waals surface area contributed by atoms with Gasteiger partial charge in [-0.15, -0.1) is 0 Å². The summed E-state index contributed by atoms with van der Waals surface area (Å²) in [6.07, 6.45) is 6.31. The molecule has 4 heteroatoms. The summed E-state index contributed by atoms with van der Waals surface area (Å²) < 4.78 is 4.93. The molecular formula is C14H23NO3. The number of carbonyl (C=O) groups excluding carboxylic acids is 2. The number of esters is 1. The lowest BCUT2D eigenvalue weighted by Gasteiger charge is -2.07. The average molecular weight is 253 g/mol. The van der Waals surface area contributed by atoms with Crippen molar-refractivity contribution in [3.8, 4) is 0 Å². The van der Waals surface area contributed by atoms with Gasteiger partial charge >= 0.3 is 5.97 Å². The van der Waals surface area contributed by atoms with Gasteiger partial charge in [0.15, 0.2) is 0 Å². The lowest BCUT2D eigenvalue weighted by atomic mass is 10.2. The van der Waals surface area contributed by atoms with Gasteiger partial charge in [0.2, 0.25) is 5.91 Å². The van der Waals surface area contributed by atoms with Crippen LogP contribution in [0.5, 0.6) is 0 Å². The molecule has 0 unspecified atom stereocenters. The standard InChI is InChI=1S/C14H23NO3/c1-5-6-10-18-13(16)9-7-8-12(4)14(17)15-11(2)3/h7-9,11H,5-6,10H2,1-4H3,(H,15,17)/b9-7+,12-8-. The molecule has 0 bridgehead atoms. The molecular weight excluding hydrogens is 230 g/mol. The van der Waals surface area contributed by atoms with Gasteiger partial charge in [-0.1, -0.05) is 25.5 Å². The van der Waals surface area contributed by atoms with Crippen LogP contribution in [-0.4, -0.2) is 24.5 Å². The fraction of sp³-hybridized carbons (Fsp3) is 0.571. The fourth-order valence-electron chi connectivity index (χ4n) is 1.09. The van der Waals surface area contributed by atoms with E-state index in [4.69, 9.17) is 4.74 Å². The van der Waals surface area contributed by atoms with Crippen LogP contribution < -0.4 is 5.32 Å². The Morgan fingerprint density at radius 3 is 2.56 bits per heavy atom. The van der Waals surface area contributed by atoms with Gasteiger partial charge < -0.3 is 10.1 Å². The third kappa shape index (κ3) is 8.56. The normalized spacial score (nSPS) is 11.9. The lowest BCUT2D eigenvalue weighted by Crippen LogP contribution is -2.30. The van der Waals surface area contributed by atoms with E-state index in [2.05, 4.69) is 5.32 Å². The summed E-state index contributed by atoms with van der Waals surface area (Å²) in [6.45, 7) is 7.96. The minimum Gasteiger partial charge on any atom is -0.463 e. The van der Waals surface area contributed by atoms with Crippen LogP contribution in [0.4, 0.5) is 0 Å². The summed E-state index contributed by atoms with van der Waals surface area (Å²) in [5, 5.41) is 2.77. The maximum absolute atomic E-state index is 11.5. The molecule has 0 aliphatic carbocycles. The molecule has 0 saturated heterocycles. The Bertz CT molecular complexity index is 330. The molecule has 18 heavy (non-hydrogen) atoms. The van der Waals surface area contributed by atoms with Crippen LogP contribution in [0.3, 0.4) is 0 Å². The van der Waals surface area contributed by atoms with Crippen molar-refractivity contribution in [2.75, 3.05) is 6.61 Å². The summed E-state index contributed by atoms with van der Waals surface area (Å²) in [4.78, 5) is 22.7. The molecule has 0 heterocycles. The van der Waals surface area contributed by atoms with Gasteiger partial charge in [-0.2, -0.15) is 0 Å². The minimum absolute atomic E-state index is 0.101. The van der Waals surface area contributed by atoms with E-state index in [-0.39, 0.29) is 17.9 Å². The van der Waals surface area contributed by atoms with Crippen molar-refractivity contribution in [3.63, 3.8) is 0 Å². The molecule has 0 saturated carbocycles. The predicted octanol–water partition coefficient (Wildman–Crippen LogP) is 2.36. The zero-order valence-corrected chi connectivity index (χ0v) is 11.7. The average Bonchev–Trinajstić information content (AvgIpc) is 2.28. The molecule has 4 nitrogen and oxygen atoms in total. The highest BCUT2D eigenvalue weighted by Gasteiger charge is 2.03. The van der Waals surface area contributed by atoms with E-state index in [0.29, 0.717) is 12.2 Å². The third-order valence-electron chi connectivity index (χ3n) is 2.10. The van der Waals surface area contributed by atoms with Crippen LogP contribution in [0.25, 0.3) is 0 Å². The van der Waals surface area contributed by atoms with Crippen molar-refractivity contribution in [2.24, 2.45) is 0 Å². The number of amides is 1. The molecule has 0 radical (unpaired) electrons. The second kappa shape index (κ2) is 9.45. The SMILES string of the molecule is CCCCOC(=O)/C=C/C=C(/C)C(=O)NC(C)C. The summed E-state index contributed by atoms with van der Waals surface area (Å²) in [6, 6.07) is 0.101. The van der Waals surface area contributed by atoms with Crippen LogP contribution in [0.2, 0.25) is 0 Å². The largest absolute Gasteiger partial charge is 0.463 e. The van der Waals surface area contributed by atoms with Crippen molar-refractivity contribution >= 4 is 11.9 Å². The molecule has 0 aromatic heterocycles. The molecule has 0 aromatic rings. The van der Waals surface area contributed by atoms with Crippen molar-refractivity contribution in [3.05, 3.63) is 23.8 Å². The molecule has 0 aliphatic heterocycles. The minimum atomic E-state index is -0.378. The van der Waals surface area contributed by atoms with E-state index in [1.165, 1.54) is 12.2 Å². The van der Waals surface area contributed by atoms with Crippen LogP contribution in [0.1, 0.15) is 40.5 Å². The van der Waals surface area contributed by atoms with Crippen molar-refractivity contribution in [2.45, 2.75) is 46.6 Å². The maximum atomic E-state index is 11.5. The van der Waals surface area contributed by atoms with Gasteiger partial charge in [-0.05, 0) is 27.2 Å². The van der Waals surface area contributed by atoms with E-state index < -0.39 is 0 Å². The van der Waals surface area contributed by atoms with Crippen molar-refractivity contribution < 1.29 is 14.3 Å². The first-order valence-corrected chi connectivity index (χ1v) is 6.30. The van der Waals surface area contributed by atoms with Crippen LogP contribution in [0, 0.1) is 0 Å². The van der Waals surface area contributed by atoms with E-state index >= 15 is 0 Å². The number of nitrogens with one attached hydrogen (secondary N) is 1. The fourth-order valence-corrected chi connectivity index (χ4v) is 1.09. The zero-order valence-electron chi connectivity index (χ0n) is 11.7. The smallest absolute Gasteiger partial charge is 0.330 e. The van der Waals surface area contributed by atoms with E-state index in [9.17, 15) is 9.59 Å². The van der Waals surface area contributed by atoms with Gasteiger partial charge in [0, 0.05) is 17.7 Å². The molecule has 0 rings (SSSR count). The molecule has 102 valence electrons. The van der Waals surface area contributed by atoms with Gasteiger partial charge in [-0.25, -0.2) is 4.79 Å². The number of ether oxygens (including phenoxy) is 1. The molecule has 0 fully saturated rings. The second-order valence-electron chi connectivity index (χ2n) is 4.36. The Hall–Kier alpha value is -1.58. The monoisotopic (exact) mass is 253 g/mol. The molecule has 0 aliphatic rings. The predicted molar refractivity (Wildman–Crippen MR) is 72.0 cm³/mol. The number of unbranched alkanes of at least 4 members (excludes halogenated alkanes) is 1. The van der Waals surface area contributed by atoms with Crippen LogP contribution in [0.15, 0.2) is 23.8 Å². The third-order valence-corrected chi connectivity index (χ3v) is 2.10. The van der Waals surface area contributed by atoms with E-state index in [1.807, 2.05) is 20.8 Å². The van der Waals surface area contributed by atoms with Crippen LogP contribution in [-0.2, 0) is 14.3 Å². The van der Waals surface area contributed by atoms with E-state index in [0.717, 1.165) is 12.8 Å². The Morgan fingerprint density at radius 1 is 1.33 bits per heavy atom. The van der Waals surface area contributed by atoms with Gasteiger partial charge in [0.25, 0.3) is 0 Å². The quantitative estimate of drug-likeness (QED) is 0.328. The van der Waals surface area contributed by atoms with E-state index in [1.54, 1.807) is 13.0 Å². The molecule has 0 aromatic carbocycles. The highest BCUT2D eigenvalue weighted by Crippen LogP contribution is 1.96. The zero-order chi connectivity index (χ0) is 14.0. The van der Waals surface area contributed by atoms with Gasteiger partial charge in [-0.3, -0.25) is 4.79 Å².